The van der Waals surface area contributed by atoms with Crippen LogP contribution in [0, 0.1) is 17.0 Å². The van der Waals surface area contributed by atoms with Gasteiger partial charge in [-0.2, -0.15) is 0 Å². The van der Waals surface area contributed by atoms with Crippen molar-refractivity contribution in [1.29, 1.82) is 0 Å². The lowest BCUT2D eigenvalue weighted by Gasteiger charge is -2.18. The Labute approximate surface area is 116 Å². The standard InChI is InChI=1S/C13H16F2O4S/c1-13(2,3)4-5-20(18,19)10-7-8(12(16)17)6-9(14)11(10)15/h6-7H,4-5H2,1-3H3,(H,16,17). The quantitative estimate of drug-likeness (QED) is 0.928. The van der Waals surface area contributed by atoms with E-state index in [-0.39, 0.29) is 17.6 Å². The molecule has 0 aromatic heterocycles. The third kappa shape index (κ3) is 4.00. The van der Waals surface area contributed by atoms with Crippen LogP contribution in [0.4, 0.5) is 8.78 Å². The van der Waals surface area contributed by atoms with Crippen LogP contribution in [-0.4, -0.2) is 25.2 Å². The summed E-state index contributed by atoms with van der Waals surface area (Å²) < 4.78 is 51.0. The van der Waals surface area contributed by atoms with Gasteiger partial charge in [0, 0.05) is 0 Å². The van der Waals surface area contributed by atoms with Gasteiger partial charge < -0.3 is 5.11 Å². The first-order valence-corrected chi connectivity index (χ1v) is 7.54. The van der Waals surface area contributed by atoms with Gasteiger partial charge in [-0.05, 0) is 24.0 Å². The van der Waals surface area contributed by atoms with Gasteiger partial charge >= 0.3 is 5.97 Å². The van der Waals surface area contributed by atoms with E-state index < -0.39 is 37.9 Å². The number of carbonyl (C=O) groups is 1. The molecule has 0 aliphatic rings. The van der Waals surface area contributed by atoms with Crippen molar-refractivity contribution in [1.82, 2.24) is 0 Å². The van der Waals surface area contributed by atoms with E-state index in [4.69, 9.17) is 5.11 Å². The molecule has 1 rings (SSSR count). The average molecular weight is 306 g/mol. The summed E-state index contributed by atoms with van der Waals surface area (Å²) in [6.07, 6.45) is 0.244. The predicted octanol–water partition coefficient (Wildman–Crippen LogP) is 2.87. The van der Waals surface area contributed by atoms with Crippen LogP contribution in [0.3, 0.4) is 0 Å². The summed E-state index contributed by atoms with van der Waals surface area (Å²) >= 11 is 0. The van der Waals surface area contributed by atoms with E-state index in [0.717, 1.165) is 0 Å². The minimum Gasteiger partial charge on any atom is -0.478 e. The van der Waals surface area contributed by atoms with E-state index in [0.29, 0.717) is 12.1 Å². The summed E-state index contributed by atoms with van der Waals surface area (Å²) in [6, 6.07) is 1.11. The molecule has 0 bridgehead atoms. The number of aromatic carboxylic acids is 1. The summed E-state index contributed by atoms with van der Waals surface area (Å²) in [6.45, 7) is 5.44. The van der Waals surface area contributed by atoms with Crippen LogP contribution in [0.5, 0.6) is 0 Å². The number of rotatable bonds is 4. The Kier molecular flexibility index (Phi) is 4.53. The number of carboxylic acid groups (broad SMARTS) is 1. The first-order valence-electron chi connectivity index (χ1n) is 5.89. The van der Waals surface area contributed by atoms with Crippen LogP contribution in [0.2, 0.25) is 0 Å². The van der Waals surface area contributed by atoms with Gasteiger partial charge in [-0.3, -0.25) is 0 Å². The molecular weight excluding hydrogens is 290 g/mol. The lowest BCUT2D eigenvalue weighted by atomic mass is 9.94. The van der Waals surface area contributed by atoms with Gasteiger partial charge in [0.1, 0.15) is 4.90 Å². The molecule has 0 unspecified atom stereocenters. The Balaban J connectivity index is 3.27. The highest BCUT2D eigenvalue weighted by Crippen LogP contribution is 2.25. The molecule has 0 spiro atoms. The molecular formula is C13H16F2O4S. The predicted molar refractivity (Wildman–Crippen MR) is 69.4 cm³/mol. The maximum absolute atomic E-state index is 13.6. The van der Waals surface area contributed by atoms with Crippen molar-refractivity contribution in [2.75, 3.05) is 5.75 Å². The van der Waals surface area contributed by atoms with E-state index in [1.807, 2.05) is 20.8 Å². The minimum atomic E-state index is -4.08. The number of hydrogen-bond donors (Lipinski definition) is 1. The van der Waals surface area contributed by atoms with E-state index in [2.05, 4.69) is 0 Å². The molecule has 20 heavy (non-hydrogen) atoms. The highest BCUT2D eigenvalue weighted by atomic mass is 32.2. The van der Waals surface area contributed by atoms with Crippen molar-refractivity contribution in [2.45, 2.75) is 32.1 Å². The van der Waals surface area contributed by atoms with Crippen molar-refractivity contribution in [2.24, 2.45) is 5.41 Å². The average Bonchev–Trinajstić information content (AvgIpc) is 2.28. The van der Waals surface area contributed by atoms with E-state index in [9.17, 15) is 22.0 Å². The maximum atomic E-state index is 13.6. The molecule has 0 heterocycles. The summed E-state index contributed by atoms with van der Waals surface area (Å²) in [5.74, 6) is -4.92. The zero-order valence-corrected chi connectivity index (χ0v) is 12.2. The van der Waals surface area contributed by atoms with E-state index in [1.165, 1.54) is 0 Å². The Bertz CT molecular complexity index is 631. The summed E-state index contributed by atoms with van der Waals surface area (Å²) in [7, 11) is -4.08. The third-order valence-corrected chi connectivity index (χ3v) is 4.41. The van der Waals surface area contributed by atoms with Gasteiger partial charge in [-0.1, -0.05) is 20.8 Å². The Morgan fingerprint density at radius 3 is 2.25 bits per heavy atom. The fourth-order valence-electron chi connectivity index (χ4n) is 1.46. The van der Waals surface area contributed by atoms with Gasteiger partial charge in [0.15, 0.2) is 21.5 Å². The van der Waals surface area contributed by atoms with E-state index in [1.54, 1.807) is 0 Å². The number of sulfone groups is 1. The van der Waals surface area contributed by atoms with E-state index >= 15 is 0 Å². The van der Waals surface area contributed by atoms with Crippen LogP contribution in [-0.2, 0) is 9.84 Å². The fourth-order valence-corrected chi connectivity index (χ4v) is 3.24. The second-order valence-corrected chi connectivity index (χ2v) is 7.78. The Morgan fingerprint density at radius 1 is 1.25 bits per heavy atom. The van der Waals surface area contributed by atoms with Gasteiger partial charge in [0.05, 0.1) is 11.3 Å². The first-order chi connectivity index (χ1) is 8.94. The Morgan fingerprint density at radius 2 is 1.80 bits per heavy atom. The third-order valence-electron chi connectivity index (χ3n) is 2.70. The zero-order chi connectivity index (χ0) is 15.7. The molecule has 112 valence electrons. The van der Waals surface area contributed by atoms with Gasteiger partial charge in [0.25, 0.3) is 0 Å². The molecule has 4 nitrogen and oxygen atoms in total. The van der Waals surface area contributed by atoms with Crippen LogP contribution < -0.4 is 0 Å². The molecule has 1 aromatic rings. The van der Waals surface area contributed by atoms with Gasteiger partial charge in [0.2, 0.25) is 0 Å². The second-order valence-electron chi connectivity index (χ2n) is 5.70. The van der Waals surface area contributed by atoms with Crippen molar-refractivity contribution in [3.05, 3.63) is 29.3 Å². The zero-order valence-electron chi connectivity index (χ0n) is 11.4. The number of hydrogen-bond acceptors (Lipinski definition) is 3. The first kappa shape index (κ1) is 16.6. The number of carboxylic acids is 1. The molecule has 1 aromatic carbocycles. The number of benzene rings is 1. The van der Waals surface area contributed by atoms with Crippen molar-refractivity contribution >= 4 is 15.8 Å². The lowest BCUT2D eigenvalue weighted by molar-refractivity contribution is 0.0696. The molecule has 0 saturated carbocycles. The topological polar surface area (TPSA) is 71.4 Å². The molecule has 0 fully saturated rings. The molecule has 0 atom stereocenters. The highest BCUT2D eigenvalue weighted by Gasteiger charge is 2.26. The molecule has 7 heteroatoms. The summed E-state index contributed by atoms with van der Waals surface area (Å²) in [5, 5.41) is 8.77. The normalized spacial score (nSPS) is 12.4. The SMILES string of the molecule is CC(C)(C)CCS(=O)(=O)c1cc(C(=O)O)cc(F)c1F. The fraction of sp³-hybridized carbons (Fsp3) is 0.462. The van der Waals surface area contributed by atoms with Crippen LogP contribution in [0.25, 0.3) is 0 Å². The largest absolute Gasteiger partial charge is 0.478 e. The molecule has 0 saturated heterocycles. The Hall–Kier alpha value is -1.50. The highest BCUT2D eigenvalue weighted by molar-refractivity contribution is 7.91. The minimum absolute atomic E-state index is 0.244. The smallest absolute Gasteiger partial charge is 0.335 e. The lowest BCUT2D eigenvalue weighted by Crippen LogP contribution is -2.17. The van der Waals surface area contributed by atoms with Gasteiger partial charge in [-0.25, -0.2) is 22.0 Å². The molecule has 0 aliphatic carbocycles. The molecule has 1 N–H and O–H groups in total. The molecule has 0 radical (unpaired) electrons. The van der Waals surface area contributed by atoms with Crippen molar-refractivity contribution < 1.29 is 27.1 Å². The van der Waals surface area contributed by atoms with Crippen LogP contribution in [0.1, 0.15) is 37.6 Å². The van der Waals surface area contributed by atoms with Crippen molar-refractivity contribution in [3.8, 4) is 0 Å². The summed E-state index contributed by atoms with van der Waals surface area (Å²) in [5.41, 5.74) is -0.898. The molecule has 0 aliphatic heterocycles. The summed E-state index contributed by atoms with van der Waals surface area (Å²) in [4.78, 5) is 9.87. The van der Waals surface area contributed by atoms with Crippen LogP contribution in [0.15, 0.2) is 17.0 Å². The number of halogens is 2. The van der Waals surface area contributed by atoms with Crippen molar-refractivity contribution in [3.63, 3.8) is 0 Å². The van der Waals surface area contributed by atoms with Crippen LogP contribution >= 0.6 is 0 Å². The van der Waals surface area contributed by atoms with Gasteiger partial charge in [-0.15, -0.1) is 0 Å². The second kappa shape index (κ2) is 5.47. The monoisotopic (exact) mass is 306 g/mol. The maximum Gasteiger partial charge on any atom is 0.335 e. The molecule has 0 amide bonds.